The zero-order valence-electron chi connectivity index (χ0n) is 11.7. The fourth-order valence-corrected chi connectivity index (χ4v) is 2.58. The van der Waals surface area contributed by atoms with Crippen molar-refractivity contribution in [2.75, 3.05) is 7.11 Å². The first kappa shape index (κ1) is 15.4. The van der Waals surface area contributed by atoms with E-state index in [0.29, 0.717) is 31.7 Å². The lowest BCUT2D eigenvalue weighted by molar-refractivity contribution is -0.146. The Hall–Kier alpha value is -1.98. The van der Waals surface area contributed by atoms with Gasteiger partial charge in [-0.1, -0.05) is 0 Å². The van der Waals surface area contributed by atoms with Crippen molar-refractivity contribution in [2.24, 2.45) is 5.92 Å². The Morgan fingerprint density at radius 3 is 2.43 bits per heavy atom. The predicted molar refractivity (Wildman–Crippen MR) is 71.6 cm³/mol. The lowest BCUT2D eigenvalue weighted by atomic mass is 9.86. The molecule has 1 saturated carbocycles. The summed E-state index contributed by atoms with van der Waals surface area (Å²) < 4.78 is 31.0. The van der Waals surface area contributed by atoms with Crippen molar-refractivity contribution in [2.45, 2.75) is 31.7 Å². The van der Waals surface area contributed by atoms with Crippen LogP contribution < -0.4 is 5.32 Å². The van der Waals surface area contributed by atoms with Gasteiger partial charge in [0.25, 0.3) is 5.91 Å². The molecule has 1 fully saturated rings. The van der Waals surface area contributed by atoms with Gasteiger partial charge in [0.1, 0.15) is 11.6 Å². The number of ether oxygens (including phenoxy) is 1. The van der Waals surface area contributed by atoms with E-state index in [0.717, 1.165) is 12.1 Å². The maximum atomic E-state index is 13.5. The van der Waals surface area contributed by atoms with E-state index in [4.69, 9.17) is 4.74 Å². The molecule has 1 amide bonds. The molecule has 1 aliphatic carbocycles. The largest absolute Gasteiger partial charge is 0.469 e. The van der Waals surface area contributed by atoms with E-state index in [1.807, 2.05) is 0 Å². The highest BCUT2D eigenvalue weighted by molar-refractivity contribution is 5.94. The molecule has 2 rings (SSSR count). The molecule has 114 valence electrons. The lowest BCUT2D eigenvalue weighted by Gasteiger charge is -2.27. The van der Waals surface area contributed by atoms with Crippen LogP contribution in [0.1, 0.15) is 36.0 Å². The molecule has 0 radical (unpaired) electrons. The van der Waals surface area contributed by atoms with E-state index < -0.39 is 17.5 Å². The summed E-state index contributed by atoms with van der Waals surface area (Å²) >= 11 is 0. The minimum absolute atomic E-state index is 0.108. The summed E-state index contributed by atoms with van der Waals surface area (Å²) in [5.41, 5.74) is -0.175. The molecule has 0 bridgehead atoms. The highest BCUT2D eigenvalue weighted by atomic mass is 19.1. The Balaban J connectivity index is 1.91. The van der Waals surface area contributed by atoms with Gasteiger partial charge in [-0.15, -0.1) is 0 Å². The zero-order chi connectivity index (χ0) is 15.4. The molecule has 0 spiro atoms. The van der Waals surface area contributed by atoms with Crippen LogP contribution in [-0.4, -0.2) is 25.0 Å². The minimum Gasteiger partial charge on any atom is -0.469 e. The Morgan fingerprint density at radius 2 is 1.86 bits per heavy atom. The topological polar surface area (TPSA) is 55.4 Å². The third-order valence-corrected chi connectivity index (χ3v) is 3.77. The Bertz CT molecular complexity index is 540. The Morgan fingerprint density at radius 1 is 1.19 bits per heavy atom. The number of benzene rings is 1. The summed E-state index contributed by atoms with van der Waals surface area (Å²) in [5, 5.41) is 2.72. The van der Waals surface area contributed by atoms with Crippen molar-refractivity contribution < 1.29 is 23.1 Å². The summed E-state index contributed by atoms with van der Waals surface area (Å²) in [7, 11) is 1.35. The second-order valence-corrected chi connectivity index (χ2v) is 5.17. The van der Waals surface area contributed by atoms with Crippen molar-refractivity contribution in [3.05, 3.63) is 35.4 Å². The standard InChI is InChI=1S/C15H17F2NO3/c1-21-15(20)9-2-5-11(6-3-9)18-14(19)12-7-4-10(16)8-13(12)17/h4,7-9,11H,2-3,5-6H2,1H3,(H,18,19). The van der Waals surface area contributed by atoms with Crippen molar-refractivity contribution in [1.82, 2.24) is 5.32 Å². The van der Waals surface area contributed by atoms with Crippen LogP contribution in [0.25, 0.3) is 0 Å². The van der Waals surface area contributed by atoms with Crippen LogP contribution in [0, 0.1) is 17.6 Å². The highest BCUT2D eigenvalue weighted by Crippen LogP contribution is 2.25. The first-order valence-electron chi connectivity index (χ1n) is 6.85. The molecule has 4 nitrogen and oxygen atoms in total. The molecule has 1 aliphatic rings. The normalized spacial score (nSPS) is 21.7. The number of rotatable bonds is 3. The van der Waals surface area contributed by atoms with E-state index >= 15 is 0 Å². The predicted octanol–water partition coefficient (Wildman–Crippen LogP) is 2.43. The number of esters is 1. The van der Waals surface area contributed by atoms with Gasteiger partial charge in [-0.3, -0.25) is 9.59 Å². The molecule has 0 aromatic heterocycles. The number of hydrogen-bond acceptors (Lipinski definition) is 3. The average molecular weight is 297 g/mol. The van der Waals surface area contributed by atoms with Crippen LogP contribution in [0.15, 0.2) is 18.2 Å². The fraction of sp³-hybridized carbons (Fsp3) is 0.467. The monoisotopic (exact) mass is 297 g/mol. The molecule has 1 N–H and O–H groups in total. The molecule has 6 heteroatoms. The number of halogens is 2. The second kappa shape index (κ2) is 6.65. The van der Waals surface area contributed by atoms with Gasteiger partial charge in [-0.2, -0.15) is 0 Å². The van der Waals surface area contributed by atoms with Crippen molar-refractivity contribution in [1.29, 1.82) is 0 Å². The number of carbonyl (C=O) groups excluding carboxylic acids is 2. The van der Waals surface area contributed by atoms with E-state index in [1.165, 1.54) is 7.11 Å². The summed E-state index contributed by atoms with van der Waals surface area (Å²) in [6.07, 6.45) is 2.52. The van der Waals surface area contributed by atoms with Crippen LogP contribution in [-0.2, 0) is 9.53 Å². The van der Waals surface area contributed by atoms with Gasteiger partial charge in [0, 0.05) is 12.1 Å². The minimum atomic E-state index is -0.879. The molecule has 0 aliphatic heterocycles. The molecule has 0 unspecified atom stereocenters. The maximum Gasteiger partial charge on any atom is 0.308 e. The zero-order valence-corrected chi connectivity index (χ0v) is 11.7. The van der Waals surface area contributed by atoms with Crippen LogP contribution in [0.5, 0.6) is 0 Å². The first-order valence-corrected chi connectivity index (χ1v) is 6.85. The van der Waals surface area contributed by atoms with Gasteiger partial charge in [-0.25, -0.2) is 8.78 Å². The van der Waals surface area contributed by atoms with Crippen molar-refractivity contribution >= 4 is 11.9 Å². The number of carbonyl (C=O) groups is 2. The summed E-state index contributed by atoms with van der Waals surface area (Å²) in [4.78, 5) is 23.4. The van der Waals surface area contributed by atoms with Gasteiger partial charge >= 0.3 is 5.97 Å². The highest BCUT2D eigenvalue weighted by Gasteiger charge is 2.28. The van der Waals surface area contributed by atoms with Crippen molar-refractivity contribution in [3.8, 4) is 0 Å². The van der Waals surface area contributed by atoms with E-state index in [2.05, 4.69) is 5.32 Å². The number of hydrogen-bond donors (Lipinski definition) is 1. The summed E-state index contributed by atoms with van der Waals surface area (Å²) in [5.74, 6) is -2.53. The van der Waals surface area contributed by atoms with Gasteiger partial charge < -0.3 is 10.1 Å². The van der Waals surface area contributed by atoms with Crippen LogP contribution in [0.4, 0.5) is 8.78 Å². The second-order valence-electron chi connectivity index (χ2n) is 5.17. The lowest BCUT2D eigenvalue weighted by Crippen LogP contribution is -2.39. The molecular formula is C15H17F2NO3. The van der Waals surface area contributed by atoms with Crippen LogP contribution >= 0.6 is 0 Å². The SMILES string of the molecule is COC(=O)C1CCC(NC(=O)c2ccc(F)cc2F)CC1. The van der Waals surface area contributed by atoms with Crippen molar-refractivity contribution in [3.63, 3.8) is 0 Å². The number of methoxy groups -OCH3 is 1. The van der Waals surface area contributed by atoms with Gasteiger partial charge in [0.05, 0.1) is 18.6 Å². The van der Waals surface area contributed by atoms with Crippen LogP contribution in [0.3, 0.4) is 0 Å². The van der Waals surface area contributed by atoms with Crippen LogP contribution in [0.2, 0.25) is 0 Å². The summed E-state index contributed by atoms with van der Waals surface area (Å²) in [6, 6.07) is 2.75. The third kappa shape index (κ3) is 3.77. The molecule has 1 aromatic rings. The van der Waals surface area contributed by atoms with E-state index in [9.17, 15) is 18.4 Å². The van der Waals surface area contributed by atoms with Gasteiger partial charge in [0.15, 0.2) is 0 Å². The van der Waals surface area contributed by atoms with E-state index in [-0.39, 0.29) is 23.5 Å². The quantitative estimate of drug-likeness (QED) is 0.872. The first-order chi connectivity index (χ1) is 10.0. The molecular weight excluding hydrogens is 280 g/mol. The molecule has 0 saturated heterocycles. The Kier molecular flexibility index (Phi) is 4.88. The number of amides is 1. The fourth-order valence-electron chi connectivity index (χ4n) is 2.58. The average Bonchev–Trinajstić information content (AvgIpc) is 2.47. The molecule has 1 aromatic carbocycles. The van der Waals surface area contributed by atoms with Gasteiger partial charge in [0.2, 0.25) is 0 Å². The summed E-state index contributed by atoms with van der Waals surface area (Å²) in [6.45, 7) is 0. The molecule has 0 atom stereocenters. The molecule has 0 heterocycles. The maximum absolute atomic E-state index is 13.5. The third-order valence-electron chi connectivity index (χ3n) is 3.77. The van der Waals surface area contributed by atoms with Gasteiger partial charge in [-0.05, 0) is 37.8 Å². The molecule has 21 heavy (non-hydrogen) atoms. The van der Waals surface area contributed by atoms with E-state index in [1.54, 1.807) is 0 Å². The number of nitrogens with one attached hydrogen (secondary N) is 1. The smallest absolute Gasteiger partial charge is 0.308 e. The Labute approximate surface area is 121 Å².